The van der Waals surface area contributed by atoms with Crippen LogP contribution in [0.25, 0.3) is 0 Å². The van der Waals surface area contributed by atoms with Gasteiger partial charge in [0.15, 0.2) is 0 Å². The fourth-order valence-electron chi connectivity index (χ4n) is 3.19. The van der Waals surface area contributed by atoms with Gasteiger partial charge in [0, 0.05) is 6.42 Å². The summed E-state index contributed by atoms with van der Waals surface area (Å²) < 4.78 is 0. The van der Waals surface area contributed by atoms with Gasteiger partial charge in [0.2, 0.25) is 17.8 Å². The third-order valence-electron chi connectivity index (χ3n) is 4.72. The molecule has 0 radical (unpaired) electrons. The number of H-pyrrole nitrogens is 1. The average Bonchev–Trinajstić information content (AvgIpc) is 3.15. The molecule has 4 rings (SSSR count). The lowest BCUT2D eigenvalue weighted by molar-refractivity contribution is -0.122. The van der Waals surface area contributed by atoms with E-state index in [0.29, 0.717) is 23.5 Å². The number of nitrogens with one attached hydrogen (secondary N) is 4. The van der Waals surface area contributed by atoms with Crippen LogP contribution in [-0.4, -0.2) is 38.9 Å². The Kier molecular flexibility index (Phi) is 5.51. The molecule has 0 aliphatic carbocycles. The molecule has 4 N–H and O–H groups in total. The lowest BCUT2D eigenvalue weighted by Gasteiger charge is -2.13. The molecule has 30 heavy (non-hydrogen) atoms. The second-order valence-electron chi connectivity index (χ2n) is 6.90. The molecule has 1 aliphatic rings. The van der Waals surface area contributed by atoms with Crippen LogP contribution in [0.3, 0.4) is 0 Å². The molecule has 0 unspecified atom stereocenters. The van der Waals surface area contributed by atoms with Crippen LogP contribution in [0.4, 0.5) is 11.6 Å². The number of nitrogens with zero attached hydrogens (tertiary/aromatic N) is 2. The Labute approximate surface area is 172 Å². The molecule has 2 heterocycles. The van der Waals surface area contributed by atoms with Crippen LogP contribution < -0.4 is 16.0 Å². The first-order chi connectivity index (χ1) is 14.6. The minimum atomic E-state index is -0.999. The third kappa shape index (κ3) is 4.52. The number of benzene rings is 2. The summed E-state index contributed by atoms with van der Waals surface area (Å²) in [6.45, 7) is 0. The van der Waals surface area contributed by atoms with Gasteiger partial charge in [0.25, 0.3) is 5.91 Å². The number of para-hydroxylation sites is 1. The zero-order valence-electron chi connectivity index (χ0n) is 16.0. The minimum absolute atomic E-state index is 0.131. The maximum atomic E-state index is 12.4. The average molecular weight is 404 g/mol. The lowest BCUT2D eigenvalue weighted by Crippen LogP contribution is -2.43. The molecule has 152 valence electrons. The summed E-state index contributed by atoms with van der Waals surface area (Å²) >= 11 is 0. The zero-order valence-corrected chi connectivity index (χ0v) is 16.0. The molecule has 9 heteroatoms. The van der Waals surface area contributed by atoms with E-state index in [1.165, 1.54) is 5.56 Å². The summed E-state index contributed by atoms with van der Waals surface area (Å²) in [7, 11) is 0. The number of aromatic amines is 1. The van der Waals surface area contributed by atoms with Crippen molar-refractivity contribution < 1.29 is 14.4 Å². The Morgan fingerprint density at radius 3 is 2.60 bits per heavy atom. The van der Waals surface area contributed by atoms with Crippen LogP contribution in [0.1, 0.15) is 28.2 Å². The van der Waals surface area contributed by atoms with E-state index in [9.17, 15) is 14.4 Å². The monoisotopic (exact) mass is 404 g/mol. The Bertz CT molecular complexity index is 1080. The van der Waals surface area contributed by atoms with E-state index in [2.05, 4.69) is 31.1 Å². The molecule has 0 saturated carbocycles. The molecule has 3 amide bonds. The molecule has 1 aromatic heterocycles. The number of rotatable bonds is 6. The van der Waals surface area contributed by atoms with E-state index < -0.39 is 23.8 Å². The Morgan fingerprint density at radius 2 is 1.77 bits per heavy atom. The topological polar surface area (TPSA) is 129 Å². The largest absolute Gasteiger partial charge is 0.340 e. The first-order valence-corrected chi connectivity index (χ1v) is 9.54. The summed E-state index contributed by atoms with van der Waals surface area (Å²) in [5, 5.41) is 14.6. The van der Waals surface area contributed by atoms with E-state index in [0.717, 1.165) is 6.42 Å². The molecule has 3 aromatic rings. The number of amides is 3. The fourth-order valence-corrected chi connectivity index (χ4v) is 3.19. The first kappa shape index (κ1) is 19.3. The Balaban J connectivity index is 1.33. The molecular formula is C21H20N6O3. The van der Waals surface area contributed by atoms with Crippen LogP contribution in [0.2, 0.25) is 0 Å². The maximum absolute atomic E-state index is 12.4. The third-order valence-corrected chi connectivity index (χ3v) is 4.72. The minimum Gasteiger partial charge on any atom is -0.340 e. The van der Waals surface area contributed by atoms with Crippen molar-refractivity contribution in [2.24, 2.45) is 0 Å². The fraction of sp³-hybridized carbons (Fsp3) is 0.190. The zero-order chi connectivity index (χ0) is 20.9. The molecule has 9 nitrogen and oxygen atoms in total. The van der Waals surface area contributed by atoms with Gasteiger partial charge in [0.05, 0.1) is 17.7 Å². The number of fused-ring (bicyclic) bond motifs is 1. The van der Waals surface area contributed by atoms with Crippen molar-refractivity contribution in [2.45, 2.75) is 25.3 Å². The normalized spacial score (nSPS) is 15.5. The highest BCUT2D eigenvalue weighted by Gasteiger charge is 2.29. The molecule has 1 aliphatic heterocycles. The van der Waals surface area contributed by atoms with Gasteiger partial charge in [-0.1, -0.05) is 42.5 Å². The smallest absolute Gasteiger partial charge is 0.254 e. The van der Waals surface area contributed by atoms with Crippen molar-refractivity contribution in [2.75, 3.05) is 10.6 Å². The summed E-state index contributed by atoms with van der Waals surface area (Å²) in [5.41, 5.74) is 1.95. The number of carbonyl (C=O) groups is 3. The van der Waals surface area contributed by atoms with Gasteiger partial charge in [-0.05, 0) is 24.1 Å². The van der Waals surface area contributed by atoms with Gasteiger partial charge in [-0.15, -0.1) is 5.10 Å². The summed E-state index contributed by atoms with van der Waals surface area (Å²) in [6, 6.07) is 15.6. The van der Waals surface area contributed by atoms with Gasteiger partial charge in [-0.25, -0.2) is 0 Å². The van der Waals surface area contributed by atoms with Crippen molar-refractivity contribution in [3.8, 4) is 0 Å². The van der Waals surface area contributed by atoms with E-state index in [4.69, 9.17) is 0 Å². The van der Waals surface area contributed by atoms with Crippen LogP contribution >= 0.6 is 0 Å². The van der Waals surface area contributed by atoms with E-state index >= 15 is 0 Å². The quantitative estimate of drug-likeness (QED) is 0.497. The molecule has 2 aromatic carbocycles. The van der Waals surface area contributed by atoms with Crippen molar-refractivity contribution in [3.63, 3.8) is 0 Å². The van der Waals surface area contributed by atoms with E-state index in [1.54, 1.807) is 24.3 Å². The molecule has 0 bridgehead atoms. The standard InChI is InChI=1S/C21H20N6O3/c28-18(12-16-20(30)22-15-9-5-4-8-14(15)19(29)23-16)25-21-24-17(26-27-21)11-10-13-6-2-1-3-7-13/h1-9,16H,10-12H2,(H,22,30)(H,23,29)(H2,24,25,26,27,28)/t16-/m0/s1. The van der Waals surface area contributed by atoms with E-state index in [-0.39, 0.29) is 12.4 Å². The highest BCUT2D eigenvalue weighted by atomic mass is 16.2. The number of aromatic nitrogens is 3. The molecule has 0 spiro atoms. The summed E-state index contributed by atoms with van der Waals surface area (Å²) in [6.07, 6.45) is 1.20. The number of hydrogen-bond acceptors (Lipinski definition) is 5. The molecular weight excluding hydrogens is 384 g/mol. The van der Waals surface area contributed by atoms with Crippen LogP contribution in [-0.2, 0) is 22.4 Å². The van der Waals surface area contributed by atoms with Gasteiger partial charge >= 0.3 is 0 Å². The SMILES string of the molecule is O=C(C[C@@H]1NC(=O)c2ccccc2NC1=O)Nc1n[nH]c(CCc2ccccc2)n1. The number of carbonyl (C=O) groups excluding carboxylic acids is 3. The predicted molar refractivity (Wildman–Crippen MR) is 110 cm³/mol. The predicted octanol–water partition coefficient (Wildman–Crippen LogP) is 1.67. The highest BCUT2D eigenvalue weighted by Crippen LogP contribution is 2.19. The Hall–Kier alpha value is -4.01. The summed E-state index contributed by atoms with van der Waals surface area (Å²) in [4.78, 5) is 41.3. The number of hydrogen-bond donors (Lipinski definition) is 4. The van der Waals surface area contributed by atoms with Crippen molar-refractivity contribution in [3.05, 3.63) is 71.5 Å². The van der Waals surface area contributed by atoms with E-state index in [1.807, 2.05) is 30.3 Å². The Morgan fingerprint density at radius 1 is 1.00 bits per heavy atom. The number of anilines is 2. The van der Waals surface area contributed by atoms with Crippen molar-refractivity contribution in [1.29, 1.82) is 0 Å². The summed E-state index contributed by atoms with van der Waals surface area (Å²) in [5.74, 6) is -0.573. The molecule has 0 saturated heterocycles. The van der Waals surface area contributed by atoms with Crippen LogP contribution in [0, 0.1) is 0 Å². The van der Waals surface area contributed by atoms with Crippen LogP contribution in [0.5, 0.6) is 0 Å². The second kappa shape index (κ2) is 8.56. The van der Waals surface area contributed by atoms with Gasteiger partial charge in [0.1, 0.15) is 11.9 Å². The molecule has 0 fully saturated rings. The number of aryl methyl sites for hydroxylation is 2. The van der Waals surface area contributed by atoms with Crippen molar-refractivity contribution >= 4 is 29.4 Å². The highest BCUT2D eigenvalue weighted by molar-refractivity contribution is 6.11. The molecule has 1 atom stereocenters. The van der Waals surface area contributed by atoms with Crippen LogP contribution in [0.15, 0.2) is 54.6 Å². The maximum Gasteiger partial charge on any atom is 0.254 e. The lowest BCUT2D eigenvalue weighted by atomic mass is 10.1. The van der Waals surface area contributed by atoms with Gasteiger partial charge < -0.3 is 10.6 Å². The van der Waals surface area contributed by atoms with Gasteiger partial charge in [-0.3, -0.25) is 24.8 Å². The van der Waals surface area contributed by atoms with Crippen molar-refractivity contribution in [1.82, 2.24) is 20.5 Å². The second-order valence-corrected chi connectivity index (χ2v) is 6.90. The first-order valence-electron chi connectivity index (χ1n) is 9.54. The van der Waals surface area contributed by atoms with Gasteiger partial charge in [-0.2, -0.15) is 4.98 Å².